The molecule has 2 aromatic carbocycles. The number of fused-ring (bicyclic) bond motifs is 2. The standard InChI is InChI=1S/C16H15ClOS/c1-10-3-5-15-11(7-10)8-14(17)13-9-12(19-2)4-6-16(13)18-15/h3-7,9,14H,8H2,1-2H3. The highest BCUT2D eigenvalue weighted by Crippen LogP contribution is 2.42. The Bertz CT molecular complexity index is 624. The molecular formula is C16H15ClOS. The Morgan fingerprint density at radius 3 is 2.74 bits per heavy atom. The van der Waals surface area contributed by atoms with Crippen LogP contribution >= 0.6 is 23.4 Å². The van der Waals surface area contributed by atoms with Gasteiger partial charge in [-0.05, 0) is 49.4 Å². The van der Waals surface area contributed by atoms with Crippen LogP contribution in [0.1, 0.15) is 22.1 Å². The largest absolute Gasteiger partial charge is 0.457 e. The maximum atomic E-state index is 6.57. The Hall–Kier alpha value is -1.12. The van der Waals surface area contributed by atoms with E-state index in [1.807, 2.05) is 12.1 Å². The molecule has 1 unspecified atom stereocenters. The van der Waals surface area contributed by atoms with Gasteiger partial charge in [0.05, 0.1) is 5.38 Å². The number of hydrogen-bond donors (Lipinski definition) is 0. The highest BCUT2D eigenvalue weighted by Gasteiger charge is 2.22. The number of ether oxygens (including phenoxy) is 1. The van der Waals surface area contributed by atoms with E-state index in [1.54, 1.807) is 11.8 Å². The summed E-state index contributed by atoms with van der Waals surface area (Å²) in [4.78, 5) is 1.22. The number of thioether (sulfide) groups is 1. The van der Waals surface area contributed by atoms with Crippen molar-refractivity contribution in [2.24, 2.45) is 0 Å². The number of aryl methyl sites for hydroxylation is 1. The van der Waals surface area contributed by atoms with Gasteiger partial charge in [0, 0.05) is 10.5 Å². The lowest BCUT2D eigenvalue weighted by molar-refractivity contribution is 0.478. The van der Waals surface area contributed by atoms with E-state index in [0.29, 0.717) is 0 Å². The molecule has 1 atom stereocenters. The van der Waals surface area contributed by atoms with E-state index in [4.69, 9.17) is 16.3 Å². The van der Waals surface area contributed by atoms with Gasteiger partial charge >= 0.3 is 0 Å². The fraction of sp³-hybridized carbons (Fsp3) is 0.250. The van der Waals surface area contributed by atoms with Crippen molar-refractivity contribution < 1.29 is 4.74 Å². The Balaban J connectivity index is 2.09. The molecule has 2 aromatic rings. The van der Waals surface area contributed by atoms with Gasteiger partial charge in [0.1, 0.15) is 11.5 Å². The Kier molecular flexibility index (Phi) is 3.46. The van der Waals surface area contributed by atoms with Crippen molar-refractivity contribution in [2.75, 3.05) is 6.26 Å². The van der Waals surface area contributed by atoms with Crippen molar-refractivity contribution in [1.82, 2.24) is 0 Å². The van der Waals surface area contributed by atoms with E-state index < -0.39 is 0 Å². The van der Waals surface area contributed by atoms with E-state index in [9.17, 15) is 0 Å². The maximum absolute atomic E-state index is 6.57. The van der Waals surface area contributed by atoms with Gasteiger partial charge in [-0.2, -0.15) is 0 Å². The number of benzene rings is 2. The molecular weight excluding hydrogens is 276 g/mol. The minimum absolute atomic E-state index is 0.0369. The Labute approximate surface area is 122 Å². The smallest absolute Gasteiger partial charge is 0.132 e. The van der Waals surface area contributed by atoms with E-state index in [1.165, 1.54) is 16.0 Å². The van der Waals surface area contributed by atoms with Crippen LogP contribution in [0.25, 0.3) is 0 Å². The molecule has 0 aromatic heterocycles. The van der Waals surface area contributed by atoms with Crippen molar-refractivity contribution in [2.45, 2.75) is 23.6 Å². The fourth-order valence-electron chi connectivity index (χ4n) is 2.38. The Morgan fingerprint density at radius 1 is 1.16 bits per heavy atom. The van der Waals surface area contributed by atoms with Crippen LogP contribution in [0.15, 0.2) is 41.3 Å². The molecule has 0 fully saturated rings. The number of alkyl halides is 1. The predicted molar refractivity (Wildman–Crippen MR) is 81.8 cm³/mol. The molecule has 0 N–H and O–H groups in total. The zero-order valence-corrected chi connectivity index (χ0v) is 12.5. The lowest BCUT2D eigenvalue weighted by Crippen LogP contribution is -1.94. The summed E-state index contributed by atoms with van der Waals surface area (Å²) in [5, 5.41) is -0.0369. The molecule has 0 radical (unpaired) electrons. The van der Waals surface area contributed by atoms with Crippen LogP contribution in [0.3, 0.4) is 0 Å². The fourth-order valence-corrected chi connectivity index (χ4v) is 3.17. The summed E-state index contributed by atoms with van der Waals surface area (Å²) < 4.78 is 6.03. The summed E-state index contributed by atoms with van der Waals surface area (Å²) >= 11 is 8.29. The van der Waals surface area contributed by atoms with Crippen LogP contribution in [0.5, 0.6) is 11.5 Å². The predicted octanol–water partition coefficient (Wildman–Crippen LogP) is 5.35. The monoisotopic (exact) mass is 290 g/mol. The Morgan fingerprint density at radius 2 is 1.95 bits per heavy atom. The zero-order valence-electron chi connectivity index (χ0n) is 10.9. The summed E-state index contributed by atoms with van der Waals surface area (Å²) in [5.74, 6) is 1.80. The van der Waals surface area contributed by atoms with Crippen LogP contribution in [0.2, 0.25) is 0 Å². The molecule has 0 amide bonds. The molecule has 1 aliphatic heterocycles. The SMILES string of the molecule is CSc1ccc2c(c1)C(Cl)Cc1cc(C)ccc1O2. The number of rotatable bonds is 1. The maximum Gasteiger partial charge on any atom is 0.132 e. The quantitative estimate of drug-likeness (QED) is 0.517. The van der Waals surface area contributed by atoms with Crippen molar-refractivity contribution in [3.63, 3.8) is 0 Å². The zero-order chi connectivity index (χ0) is 13.4. The molecule has 1 aliphatic rings. The van der Waals surface area contributed by atoms with Gasteiger partial charge in [-0.3, -0.25) is 0 Å². The van der Waals surface area contributed by atoms with E-state index in [2.05, 4.69) is 37.4 Å². The molecule has 3 heteroatoms. The van der Waals surface area contributed by atoms with E-state index >= 15 is 0 Å². The van der Waals surface area contributed by atoms with Gasteiger partial charge in [-0.1, -0.05) is 17.7 Å². The summed E-state index contributed by atoms with van der Waals surface area (Å²) in [6.07, 6.45) is 2.88. The van der Waals surface area contributed by atoms with Gasteiger partial charge in [-0.15, -0.1) is 23.4 Å². The molecule has 3 rings (SSSR count). The molecule has 1 heterocycles. The van der Waals surface area contributed by atoms with E-state index in [0.717, 1.165) is 23.5 Å². The number of hydrogen-bond acceptors (Lipinski definition) is 2. The van der Waals surface area contributed by atoms with Gasteiger partial charge in [0.25, 0.3) is 0 Å². The minimum atomic E-state index is -0.0369. The van der Waals surface area contributed by atoms with Crippen LogP contribution in [-0.2, 0) is 6.42 Å². The molecule has 0 spiro atoms. The van der Waals surface area contributed by atoms with E-state index in [-0.39, 0.29) is 5.38 Å². The minimum Gasteiger partial charge on any atom is -0.457 e. The topological polar surface area (TPSA) is 9.23 Å². The van der Waals surface area contributed by atoms with Gasteiger partial charge < -0.3 is 4.74 Å². The lowest BCUT2D eigenvalue weighted by atomic mass is 10.0. The van der Waals surface area contributed by atoms with Crippen molar-refractivity contribution in [3.8, 4) is 11.5 Å². The molecule has 1 nitrogen and oxygen atoms in total. The molecule has 0 aliphatic carbocycles. The van der Waals surface area contributed by atoms with Crippen molar-refractivity contribution >= 4 is 23.4 Å². The molecule has 98 valence electrons. The van der Waals surface area contributed by atoms with Gasteiger partial charge in [0.2, 0.25) is 0 Å². The summed E-state index contributed by atoms with van der Waals surface area (Å²) in [5.41, 5.74) is 3.51. The van der Waals surface area contributed by atoms with Crippen LogP contribution in [0.4, 0.5) is 0 Å². The van der Waals surface area contributed by atoms with Gasteiger partial charge in [-0.25, -0.2) is 0 Å². The third kappa shape index (κ3) is 2.47. The molecule has 0 saturated heterocycles. The number of halogens is 1. The first-order valence-electron chi connectivity index (χ1n) is 6.27. The summed E-state index contributed by atoms with van der Waals surface area (Å²) in [6, 6.07) is 12.5. The summed E-state index contributed by atoms with van der Waals surface area (Å²) in [7, 11) is 0. The van der Waals surface area contributed by atoms with Crippen LogP contribution in [0, 0.1) is 6.92 Å². The first-order valence-corrected chi connectivity index (χ1v) is 7.93. The second kappa shape index (κ2) is 5.10. The third-order valence-electron chi connectivity index (χ3n) is 3.39. The average molecular weight is 291 g/mol. The van der Waals surface area contributed by atoms with Crippen LogP contribution < -0.4 is 4.74 Å². The first-order chi connectivity index (χ1) is 9.17. The molecule has 0 saturated carbocycles. The van der Waals surface area contributed by atoms with Crippen LogP contribution in [-0.4, -0.2) is 6.26 Å². The molecule has 19 heavy (non-hydrogen) atoms. The lowest BCUT2D eigenvalue weighted by Gasteiger charge is -2.11. The second-order valence-electron chi connectivity index (χ2n) is 4.79. The second-order valence-corrected chi connectivity index (χ2v) is 6.20. The summed E-state index contributed by atoms with van der Waals surface area (Å²) in [6.45, 7) is 2.09. The van der Waals surface area contributed by atoms with Crippen molar-refractivity contribution in [1.29, 1.82) is 0 Å². The highest BCUT2D eigenvalue weighted by molar-refractivity contribution is 7.98. The van der Waals surface area contributed by atoms with Gasteiger partial charge in [0.15, 0.2) is 0 Å². The van der Waals surface area contributed by atoms with Crippen molar-refractivity contribution in [3.05, 3.63) is 53.1 Å². The molecule has 0 bridgehead atoms. The first kappa shape index (κ1) is 12.9. The highest BCUT2D eigenvalue weighted by atomic mass is 35.5. The third-order valence-corrected chi connectivity index (χ3v) is 4.50. The average Bonchev–Trinajstić information content (AvgIpc) is 2.54. The normalized spacial score (nSPS) is 17.1.